The number of imide groups is 1. The highest BCUT2D eigenvalue weighted by Gasteiger charge is 2.47. The van der Waals surface area contributed by atoms with Gasteiger partial charge in [-0.1, -0.05) is 42.5 Å². The summed E-state index contributed by atoms with van der Waals surface area (Å²) in [5.74, 6) is -0.808. The molecule has 1 aliphatic rings. The Labute approximate surface area is 161 Å². The molecule has 0 aromatic heterocycles. The molecular weight excluding hydrogens is 356 g/mol. The van der Waals surface area contributed by atoms with E-state index >= 15 is 0 Å². The molecule has 6 heteroatoms. The van der Waals surface area contributed by atoms with Crippen LogP contribution in [0.3, 0.4) is 0 Å². The number of ether oxygens (including phenoxy) is 1. The molecule has 0 atom stereocenters. The van der Waals surface area contributed by atoms with Crippen molar-refractivity contribution in [3.63, 3.8) is 0 Å². The van der Waals surface area contributed by atoms with Crippen molar-refractivity contribution in [2.24, 2.45) is 0 Å². The molecule has 138 valence electrons. The van der Waals surface area contributed by atoms with E-state index in [0.717, 1.165) is 4.90 Å². The van der Waals surface area contributed by atoms with Crippen LogP contribution in [-0.2, 0) is 0 Å². The molecule has 0 aliphatic carbocycles. The van der Waals surface area contributed by atoms with E-state index in [2.05, 4.69) is 0 Å². The first-order valence-corrected chi connectivity index (χ1v) is 8.64. The summed E-state index contributed by atoms with van der Waals surface area (Å²) in [6.45, 7) is 0. The van der Waals surface area contributed by atoms with Gasteiger partial charge in [-0.05, 0) is 36.4 Å². The first kappa shape index (κ1) is 17.5. The number of amidine groups is 1. The van der Waals surface area contributed by atoms with Crippen molar-refractivity contribution in [1.29, 1.82) is 0 Å². The van der Waals surface area contributed by atoms with E-state index in [4.69, 9.17) is 4.74 Å². The maximum atomic E-state index is 13.3. The normalized spacial score (nSPS) is 14.0. The number of methoxy groups -OCH3 is 1. The third-order valence-electron chi connectivity index (χ3n) is 4.54. The van der Waals surface area contributed by atoms with Gasteiger partial charge in [0.05, 0.1) is 18.2 Å². The third kappa shape index (κ3) is 2.72. The largest absolute Gasteiger partial charge is 0.710 e. The molecular formula is C22H16N2O4. The molecule has 3 aromatic carbocycles. The van der Waals surface area contributed by atoms with Crippen molar-refractivity contribution >= 4 is 23.3 Å². The molecule has 0 radical (unpaired) electrons. The topological polar surface area (TPSA) is 72.7 Å². The molecule has 0 N–H and O–H groups in total. The van der Waals surface area contributed by atoms with E-state index < -0.39 is 11.8 Å². The Morgan fingerprint density at radius 1 is 0.821 bits per heavy atom. The van der Waals surface area contributed by atoms with Crippen LogP contribution in [0.4, 0.5) is 5.69 Å². The number of fused-ring (bicyclic) bond motifs is 1. The number of para-hydroxylation sites is 2. The van der Waals surface area contributed by atoms with Crippen molar-refractivity contribution in [1.82, 2.24) is 4.90 Å². The minimum absolute atomic E-state index is 0.102. The Balaban J connectivity index is 1.98. The number of rotatable bonds is 3. The van der Waals surface area contributed by atoms with Crippen LogP contribution in [0.2, 0.25) is 0 Å². The second kappa shape index (κ2) is 7.00. The second-order valence-electron chi connectivity index (χ2n) is 6.15. The summed E-state index contributed by atoms with van der Waals surface area (Å²) in [7, 11) is 1.47. The molecule has 0 bridgehead atoms. The van der Waals surface area contributed by atoms with Crippen LogP contribution < -0.4 is 4.74 Å². The molecule has 1 aliphatic heterocycles. The summed E-state index contributed by atoms with van der Waals surface area (Å²) >= 11 is 0. The Morgan fingerprint density at radius 3 is 1.96 bits per heavy atom. The van der Waals surface area contributed by atoms with Gasteiger partial charge in [-0.15, -0.1) is 4.90 Å². The summed E-state index contributed by atoms with van der Waals surface area (Å²) in [4.78, 5) is 27.0. The zero-order valence-electron chi connectivity index (χ0n) is 15.0. The van der Waals surface area contributed by atoms with Gasteiger partial charge in [-0.2, -0.15) is 0 Å². The van der Waals surface area contributed by atoms with Crippen LogP contribution in [0.25, 0.3) is 0 Å². The molecule has 0 fully saturated rings. The lowest BCUT2D eigenvalue weighted by Gasteiger charge is -2.19. The fraction of sp³-hybridized carbons (Fsp3) is 0.0455. The van der Waals surface area contributed by atoms with Crippen molar-refractivity contribution in [3.8, 4) is 5.75 Å². The van der Waals surface area contributed by atoms with Crippen molar-refractivity contribution in [3.05, 3.63) is 101 Å². The van der Waals surface area contributed by atoms with Crippen molar-refractivity contribution in [2.45, 2.75) is 0 Å². The van der Waals surface area contributed by atoms with E-state index in [0.29, 0.717) is 21.7 Å². The second-order valence-corrected chi connectivity index (χ2v) is 6.15. The van der Waals surface area contributed by atoms with Gasteiger partial charge in [-0.3, -0.25) is 0 Å². The molecule has 28 heavy (non-hydrogen) atoms. The number of amides is 2. The van der Waals surface area contributed by atoms with Gasteiger partial charge in [-0.25, -0.2) is 14.3 Å². The lowest BCUT2D eigenvalue weighted by Crippen LogP contribution is -2.40. The molecule has 0 saturated carbocycles. The number of benzene rings is 3. The number of nitrogens with zero attached hydrogens (tertiary/aromatic N) is 2. The maximum Gasteiger partial charge on any atom is 0.349 e. The summed E-state index contributed by atoms with van der Waals surface area (Å²) in [5, 5.41) is 13.3. The Morgan fingerprint density at radius 2 is 1.36 bits per heavy atom. The lowest BCUT2D eigenvalue weighted by atomic mass is 10.1. The zero-order valence-corrected chi connectivity index (χ0v) is 15.0. The number of carbonyl (C=O) groups is 2. The summed E-state index contributed by atoms with van der Waals surface area (Å²) < 4.78 is 5.97. The fourth-order valence-corrected chi connectivity index (χ4v) is 3.22. The van der Waals surface area contributed by atoms with Gasteiger partial charge in [0, 0.05) is 0 Å². The highest BCUT2D eigenvalue weighted by Crippen LogP contribution is 2.29. The summed E-state index contributed by atoms with van der Waals surface area (Å²) in [6.07, 6.45) is 0. The molecule has 2 amide bonds. The minimum Gasteiger partial charge on any atom is -0.710 e. The summed E-state index contributed by atoms with van der Waals surface area (Å²) in [6, 6.07) is 21.7. The molecule has 0 unspecified atom stereocenters. The average Bonchev–Trinajstić information content (AvgIpc) is 3.00. The predicted molar refractivity (Wildman–Crippen MR) is 104 cm³/mol. The monoisotopic (exact) mass is 372 g/mol. The van der Waals surface area contributed by atoms with E-state index in [1.54, 1.807) is 78.9 Å². The highest BCUT2D eigenvalue weighted by atomic mass is 16.5. The van der Waals surface area contributed by atoms with E-state index in [1.807, 2.05) is 0 Å². The van der Waals surface area contributed by atoms with E-state index in [1.165, 1.54) is 7.11 Å². The van der Waals surface area contributed by atoms with Gasteiger partial charge >= 0.3 is 17.6 Å². The Kier molecular flexibility index (Phi) is 4.37. The van der Waals surface area contributed by atoms with E-state index in [9.17, 15) is 14.8 Å². The number of hydrogen-bond acceptors (Lipinski definition) is 4. The predicted octanol–water partition coefficient (Wildman–Crippen LogP) is 3.58. The number of hydrogen-bond donors (Lipinski definition) is 0. The highest BCUT2D eigenvalue weighted by molar-refractivity contribution is 6.31. The van der Waals surface area contributed by atoms with Crippen LogP contribution in [-0.4, -0.2) is 34.4 Å². The maximum absolute atomic E-state index is 13.3. The molecule has 3 aromatic rings. The third-order valence-corrected chi connectivity index (χ3v) is 4.54. The standard InChI is InChI=1S/C22H16N2O4/c1-28-19-14-8-7-13-18(19)20(24(27)15-9-3-2-4-10-15)23-21(25)16-11-5-6-12-17(16)22(23)26/h2-14H,1H3/b24-20-. The van der Waals surface area contributed by atoms with Crippen LogP contribution >= 0.6 is 0 Å². The SMILES string of the molecule is COc1ccccc1/C(N1C(=O)c2ccccc2C1=O)=[N+](/[O-])c1ccccc1. The Bertz CT molecular complexity index is 1070. The smallest absolute Gasteiger partial charge is 0.349 e. The van der Waals surface area contributed by atoms with Crippen molar-refractivity contribution < 1.29 is 19.1 Å². The first-order chi connectivity index (χ1) is 13.6. The molecule has 0 spiro atoms. The van der Waals surface area contributed by atoms with Gasteiger partial charge in [0.2, 0.25) is 0 Å². The van der Waals surface area contributed by atoms with Crippen molar-refractivity contribution in [2.75, 3.05) is 7.11 Å². The average molecular weight is 372 g/mol. The first-order valence-electron chi connectivity index (χ1n) is 8.64. The fourth-order valence-electron chi connectivity index (χ4n) is 3.22. The van der Waals surface area contributed by atoms with Gasteiger partial charge in [0.1, 0.15) is 17.0 Å². The van der Waals surface area contributed by atoms with Crippen LogP contribution in [0, 0.1) is 5.21 Å². The zero-order chi connectivity index (χ0) is 19.7. The van der Waals surface area contributed by atoms with Crippen LogP contribution in [0.5, 0.6) is 5.75 Å². The molecule has 4 rings (SSSR count). The molecule has 0 saturated heterocycles. The van der Waals surface area contributed by atoms with Crippen LogP contribution in [0.15, 0.2) is 78.9 Å². The van der Waals surface area contributed by atoms with Crippen LogP contribution in [0.1, 0.15) is 26.3 Å². The van der Waals surface area contributed by atoms with Gasteiger partial charge in [0.15, 0.2) is 0 Å². The molecule has 1 heterocycles. The quantitative estimate of drug-likeness (QED) is 0.176. The lowest BCUT2D eigenvalue weighted by molar-refractivity contribution is -0.365. The van der Waals surface area contributed by atoms with Gasteiger partial charge in [0.25, 0.3) is 0 Å². The Hall–Kier alpha value is -3.93. The number of carbonyl (C=O) groups excluding carboxylic acids is 2. The summed E-state index contributed by atoms with van der Waals surface area (Å²) in [5.41, 5.74) is 1.17. The minimum atomic E-state index is -0.543. The van der Waals surface area contributed by atoms with E-state index in [-0.39, 0.29) is 17.0 Å². The molecule has 6 nitrogen and oxygen atoms in total. The van der Waals surface area contributed by atoms with Gasteiger partial charge < -0.3 is 9.94 Å².